The Morgan fingerprint density at radius 3 is 2.68 bits per heavy atom. The van der Waals surface area contributed by atoms with Crippen molar-refractivity contribution in [3.63, 3.8) is 0 Å². The Morgan fingerprint density at radius 2 is 1.92 bits per heavy atom. The van der Waals surface area contributed by atoms with Crippen molar-refractivity contribution in [2.45, 2.75) is 31.5 Å². The van der Waals surface area contributed by atoms with Gasteiger partial charge < -0.3 is 15.7 Å². The lowest BCUT2D eigenvalue weighted by Gasteiger charge is -2.34. The van der Waals surface area contributed by atoms with Gasteiger partial charge in [-0.05, 0) is 31.5 Å². The topological polar surface area (TPSA) is 67.8 Å². The quantitative estimate of drug-likeness (QED) is 0.702. The average Bonchev–Trinajstić information content (AvgIpc) is 2.83. The summed E-state index contributed by atoms with van der Waals surface area (Å²) in [7, 11) is 0. The van der Waals surface area contributed by atoms with Gasteiger partial charge in [-0.3, -0.25) is 14.6 Å². The molecule has 0 aliphatic carbocycles. The van der Waals surface area contributed by atoms with E-state index in [1.807, 2.05) is 30.3 Å². The lowest BCUT2D eigenvalue weighted by Crippen LogP contribution is -2.46. The van der Waals surface area contributed by atoms with Gasteiger partial charge in [-0.1, -0.05) is 30.3 Å². The first-order valence-electron chi connectivity index (χ1n) is 9.36. The SMILES string of the molecule is O=C(CN1CCN(C2CCNCC2)CC(O)C1)NCc1ccccc1. The predicted molar refractivity (Wildman–Crippen MR) is 98.2 cm³/mol. The lowest BCUT2D eigenvalue weighted by molar-refractivity contribution is -0.122. The molecule has 0 radical (unpaired) electrons. The van der Waals surface area contributed by atoms with Crippen LogP contribution in [0, 0.1) is 0 Å². The van der Waals surface area contributed by atoms with Crippen LogP contribution in [0.1, 0.15) is 18.4 Å². The van der Waals surface area contributed by atoms with Gasteiger partial charge >= 0.3 is 0 Å². The van der Waals surface area contributed by atoms with Crippen LogP contribution in [0.15, 0.2) is 30.3 Å². The van der Waals surface area contributed by atoms with E-state index in [0.717, 1.165) is 44.6 Å². The maximum Gasteiger partial charge on any atom is 0.234 e. The number of hydrogen-bond donors (Lipinski definition) is 3. The molecule has 2 aliphatic heterocycles. The van der Waals surface area contributed by atoms with Crippen molar-refractivity contribution in [3.05, 3.63) is 35.9 Å². The van der Waals surface area contributed by atoms with E-state index in [9.17, 15) is 9.90 Å². The number of aliphatic hydroxyl groups excluding tert-OH is 1. The number of carbonyl (C=O) groups excluding carboxylic acids is 1. The van der Waals surface area contributed by atoms with Crippen molar-refractivity contribution < 1.29 is 9.90 Å². The van der Waals surface area contributed by atoms with Crippen LogP contribution in [0.4, 0.5) is 0 Å². The number of aliphatic hydroxyl groups is 1. The second-order valence-corrected chi connectivity index (χ2v) is 7.13. The number of rotatable bonds is 5. The third-order valence-electron chi connectivity index (χ3n) is 5.14. The Kier molecular flexibility index (Phi) is 6.81. The highest BCUT2D eigenvalue weighted by molar-refractivity contribution is 5.78. The first-order chi connectivity index (χ1) is 12.2. The van der Waals surface area contributed by atoms with Crippen LogP contribution in [0.5, 0.6) is 0 Å². The van der Waals surface area contributed by atoms with Crippen LogP contribution >= 0.6 is 0 Å². The molecule has 1 amide bonds. The Bertz CT molecular complexity index is 533. The van der Waals surface area contributed by atoms with Crippen LogP contribution < -0.4 is 10.6 Å². The number of piperidine rings is 1. The first-order valence-corrected chi connectivity index (χ1v) is 9.36. The maximum absolute atomic E-state index is 12.2. The van der Waals surface area contributed by atoms with Gasteiger partial charge in [0.15, 0.2) is 0 Å². The molecular formula is C19H30N4O2. The van der Waals surface area contributed by atoms with E-state index >= 15 is 0 Å². The molecule has 6 heteroatoms. The number of carbonyl (C=O) groups is 1. The lowest BCUT2D eigenvalue weighted by atomic mass is 10.0. The summed E-state index contributed by atoms with van der Waals surface area (Å²) in [6, 6.07) is 10.5. The molecule has 138 valence electrons. The highest BCUT2D eigenvalue weighted by Gasteiger charge is 2.27. The zero-order valence-corrected chi connectivity index (χ0v) is 14.9. The Balaban J connectivity index is 1.45. The molecule has 1 aromatic carbocycles. The second kappa shape index (κ2) is 9.29. The van der Waals surface area contributed by atoms with Crippen molar-refractivity contribution >= 4 is 5.91 Å². The van der Waals surface area contributed by atoms with Crippen molar-refractivity contribution in [1.29, 1.82) is 0 Å². The van der Waals surface area contributed by atoms with Gasteiger partial charge in [0.25, 0.3) is 0 Å². The van der Waals surface area contributed by atoms with E-state index < -0.39 is 0 Å². The van der Waals surface area contributed by atoms with Crippen LogP contribution in [0.2, 0.25) is 0 Å². The standard InChI is InChI=1S/C19H30N4O2/c24-18-13-22(10-11-23(14-18)17-6-8-20-9-7-17)15-19(25)21-12-16-4-2-1-3-5-16/h1-5,17-18,20,24H,6-15H2,(H,21,25). The summed E-state index contributed by atoms with van der Waals surface area (Å²) in [5.41, 5.74) is 1.10. The normalized spacial score (nSPS) is 24.0. The number of β-amino-alcohol motifs (C(OH)–C–C–N with tert-alkyl or cyclic N) is 1. The third-order valence-corrected chi connectivity index (χ3v) is 5.14. The number of nitrogens with zero attached hydrogens (tertiary/aromatic N) is 2. The molecule has 2 heterocycles. The minimum absolute atomic E-state index is 0.0198. The Morgan fingerprint density at radius 1 is 1.16 bits per heavy atom. The van der Waals surface area contributed by atoms with E-state index in [4.69, 9.17) is 0 Å². The summed E-state index contributed by atoms with van der Waals surface area (Å²) in [6.45, 7) is 6.06. The number of hydrogen-bond acceptors (Lipinski definition) is 5. The second-order valence-electron chi connectivity index (χ2n) is 7.13. The summed E-state index contributed by atoms with van der Waals surface area (Å²) >= 11 is 0. The van der Waals surface area contributed by atoms with Gasteiger partial charge in [0, 0.05) is 38.8 Å². The smallest absolute Gasteiger partial charge is 0.234 e. The zero-order valence-electron chi connectivity index (χ0n) is 14.9. The molecule has 2 fully saturated rings. The van der Waals surface area contributed by atoms with Crippen molar-refractivity contribution in [1.82, 2.24) is 20.4 Å². The van der Waals surface area contributed by atoms with E-state index in [1.54, 1.807) is 0 Å². The highest BCUT2D eigenvalue weighted by atomic mass is 16.3. The zero-order chi connectivity index (χ0) is 17.5. The molecule has 0 bridgehead atoms. The van der Waals surface area contributed by atoms with Crippen LogP contribution in [0.3, 0.4) is 0 Å². The third kappa shape index (κ3) is 5.78. The minimum atomic E-state index is -0.390. The number of amides is 1. The molecule has 1 aromatic rings. The Labute approximate surface area is 150 Å². The molecule has 2 saturated heterocycles. The molecule has 0 spiro atoms. The van der Waals surface area contributed by atoms with Crippen molar-refractivity contribution in [3.8, 4) is 0 Å². The molecular weight excluding hydrogens is 316 g/mol. The molecule has 1 atom stereocenters. The van der Waals surface area contributed by atoms with Crippen LogP contribution in [-0.2, 0) is 11.3 Å². The molecule has 2 aliphatic rings. The van der Waals surface area contributed by atoms with Gasteiger partial charge in [-0.25, -0.2) is 0 Å². The molecule has 3 rings (SSSR count). The maximum atomic E-state index is 12.2. The molecule has 3 N–H and O–H groups in total. The van der Waals surface area contributed by atoms with Gasteiger partial charge in [0.05, 0.1) is 12.6 Å². The highest BCUT2D eigenvalue weighted by Crippen LogP contribution is 2.15. The van der Waals surface area contributed by atoms with Crippen molar-refractivity contribution in [2.24, 2.45) is 0 Å². The van der Waals surface area contributed by atoms with Crippen LogP contribution in [0.25, 0.3) is 0 Å². The molecule has 1 unspecified atom stereocenters. The average molecular weight is 346 g/mol. The van der Waals surface area contributed by atoms with Gasteiger partial charge in [0.1, 0.15) is 0 Å². The van der Waals surface area contributed by atoms with Gasteiger partial charge in [0.2, 0.25) is 5.91 Å². The van der Waals surface area contributed by atoms with Crippen molar-refractivity contribution in [2.75, 3.05) is 45.8 Å². The molecule has 0 saturated carbocycles. The fourth-order valence-corrected chi connectivity index (χ4v) is 3.78. The van der Waals surface area contributed by atoms with E-state index in [2.05, 4.69) is 20.4 Å². The molecule has 25 heavy (non-hydrogen) atoms. The fourth-order valence-electron chi connectivity index (χ4n) is 3.78. The van der Waals surface area contributed by atoms with E-state index in [-0.39, 0.29) is 12.0 Å². The first kappa shape index (κ1) is 18.3. The summed E-state index contributed by atoms with van der Waals surface area (Å²) < 4.78 is 0. The summed E-state index contributed by atoms with van der Waals surface area (Å²) in [6.07, 6.45) is 1.90. The largest absolute Gasteiger partial charge is 0.390 e. The summed E-state index contributed by atoms with van der Waals surface area (Å²) in [4.78, 5) is 16.7. The van der Waals surface area contributed by atoms with E-state index in [1.165, 1.54) is 0 Å². The number of nitrogens with one attached hydrogen (secondary N) is 2. The number of benzene rings is 1. The Hall–Kier alpha value is -1.47. The monoisotopic (exact) mass is 346 g/mol. The summed E-state index contributed by atoms with van der Waals surface area (Å²) in [5.74, 6) is 0.0198. The fraction of sp³-hybridized carbons (Fsp3) is 0.632. The predicted octanol–water partition coefficient (Wildman–Crippen LogP) is 0.0333. The summed E-state index contributed by atoms with van der Waals surface area (Å²) in [5, 5.41) is 16.7. The van der Waals surface area contributed by atoms with Gasteiger partial charge in [-0.15, -0.1) is 0 Å². The molecule has 0 aromatic heterocycles. The van der Waals surface area contributed by atoms with Crippen LogP contribution in [-0.4, -0.2) is 78.8 Å². The van der Waals surface area contributed by atoms with E-state index in [0.29, 0.717) is 32.2 Å². The van der Waals surface area contributed by atoms with Gasteiger partial charge in [-0.2, -0.15) is 0 Å². The minimum Gasteiger partial charge on any atom is -0.390 e. The molecule has 6 nitrogen and oxygen atoms in total.